The normalized spacial score (nSPS) is 15.2. The first kappa shape index (κ1) is 21.1. The van der Waals surface area contributed by atoms with E-state index in [9.17, 15) is 19.2 Å². The molecule has 0 spiro atoms. The van der Waals surface area contributed by atoms with Crippen LogP contribution in [-0.2, 0) is 25.5 Å². The summed E-state index contributed by atoms with van der Waals surface area (Å²) in [4.78, 5) is 48.4. The number of carbonyl (C=O) groups is 4. The highest BCUT2D eigenvalue weighted by molar-refractivity contribution is 7.14. The van der Waals surface area contributed by atoms with Gasteiger partial charge in [-0.2, -0.15) is 0 Å². The lowest BCUT2D eigenvalue weighted by Gasteiger charge is -2.22. The summed E-state index contributed by atoms with van der Waals surface area (Å²) in [7, 11) is 0. The van der Waals surface area contributed by atoms with Crippen LogP contribution >= 0.6 is 11.3 Å². The zero-order chi connectivity index (χ0) is 19.8. The van der Waals surface area contributed by atoms with Crippen LogP contribution in [0.2, 0.25) is 0 Å². The molecular weight excluding hydrogens is 368 g/mol. The molecule has 1 unspecified atom stereocenters. The molecule has 2 amide bonds. The van der Waals surface area contributed by atoms with Crippen molar-refractivity contribution in [3.63, 3.8) is 0 Å². The van der Waals surface area contributed by atoms with Crippen molar-refractivity contribution in [3.05, 3.63) is 21.9 Å². The lowest BCUT2D eigenvalue weighted by atomic mass is 9.98. The maximum atomic E-state index is 12.4. The number of hydrogen-bond acceptors (Lipinski definition) is 6. The van der Waals surface area contributed by atoms with Gasteiger partial charge in [0.1, 0.15) is 6.04 Å². The fourth-order valence-corrected chi connectivity index (χ4v) is 4.13. The Hall–Kier alpha value is -2.22. The van der Waals surface area contributed by atoms with E-state index < -0.39 is 12.0 Å². The summed E-state index contributed by atoms with van der Waals surface area (Å²) in [6.45, 7) is 3.00. The van der Waals surface area contributed by atoms with Crippen LogP contribution in [0.1, 0.15) is 54.1 Å². The number of Topliss-reactive ketones (excluding diaryl/α,β-unsaturated/α-hetero) is 1. The van der Waals surface area contributed by atoms with E-state index in [-0.39, 0.29) is 30.1 Å². The van der Waals surface area contributed by atoms with Crippen molar-refractivity contribution in [3.8, 4) is 0 Å². The van der Waals surface area contributed by atoms with Gasteiger partial charge >= 0.3 is 5.97 Å². The van der Waals surface area contributed by atoms with E-state index in [1.165, 1.54) is 25.2 Å². The minimum atomic E-state index is -0.686. The largest absolute Gasteiger partial charge is 0.456 e. The minimum absolute atomic E-state index is 0.0682. The number of ether oxygens (including phenoxy) is 1. The Morgan fingerprint density at radius 1 is 1.15 bits per heavy atom. The molecule has 0 aromatic carbocycles. The highest BCUT2D eigenvalue weighted by Gasteiger charge is 2.32. The van der Waals surface area contributed by atoms with Gasteiger partial charge in [-0.3, -0.25) is 14.4 Å². The molecule has 0 bridgehead atoms. The van der Waals surface area contributed by atoms with E-state index in [0.29, 0.717) is 17.8 Å². The second-order valence-electron chi connectivity index (χ2n) is 6.75. The van der Waals surface area contributed by atoms with Gasteiger partial charge in [0.05, 0.1) is 4.88 Å². The minimum Gasteiger partial charge on any atom is -0.456 e. The highest BCUT2D eigenvalue weighted by atomic mass is 32.1. The third-order valence-corrected chi connectivity index (χ3v) is 5.70. The first-order valence-electron chi connectivity index (χ1n) is 9.17. The van der Waals surface area contributed by atoms with Crippen LogP contribution in [0.25, 0.3) is 0 Å². The summed E-state index contributed by atoms with van der Waals surface area (Å²) < 4.78 is 5.20. The molecule has 2 rings (SSSR count). The molecule has 1 heterocycles. The maximum Gasteiger partial charge on any atom is 0.329 e. The Balaban J connectivity index is 1.85. The third-order valence-electron chi connectivity index (χ3n) is 4.51. The summed E-state index contributed by atoms with van der Waals surface area (Å²) in [5.41, 5.74) is 0. The molecule has 8 heteroatoms. The summed E-state index contributed by atoms with van der Waals surface area (Å²) in [6.07, 6.45) is 4.45. The number of rotatable bonds is 9. The molecule has 148 valence electrons. The quantitative estimate of drug-likeness (QED) is 0.492. The topological polar surface area (TPSA) is 102 Å². The van der Waals surface area contributed by atoms with Gasteiger partial charge in [-0.1, -0.05) is 12.8 Å². The molecule has 1 fully saturated rings. The first-order chi connectivity index (χ1) is 12.9. The molecule has 0 radical (unpaired) electrons. The standard InChI is InChI=1S/C19H26N2O5S/c1-12(22)20-10-9-15-7-8-17(27-15)16(24)11-26-19(25)18(21-13(2)23)14-5-3-4-6-14/h7-8,14,18H,3-6,9-11H2,1-2H3,(H,20,22)(H,21,23). The molecule has 7 nitrogen and oxygen atoms in total. The monoisotopic (exact) mass is 394 g/mol. The average Bonchev–Trinajstić information content (AvgIpc) is 3.28. The van der Waals surface area contributed by atoms with Gasteiger partial charge in [0.15, 0.2) is 6.61 Å². The van der Waals surface area contributed by atoms with Gasteiger partial charge in [-0.05, 0) is 37.3 Å². The van der Waals surface area contributed by atoms with Crippen LogP contribution < -0.4 is 10.6 Å². The van der Waals surface area contributed by atoms with Crippen molar-refractivity contribution in [1.29, 1.82) is 0 Å². The van der Waals surface area contributed by atoms with Crippen molar-refractivity contribution < 1.29 is 23.9 Å². The SMILES string of the molecule is CC(=O)NCCc1ccc(C(=O)COC(=O)C(NC(C)=O)C2CCCC2)s1. The fourth-order valence-electron chi connectivity index (χ4n) is 3.20. The predicted molar refractivity (Wildman–Crippen MR) is 102 cm³/mol. The Morgan fingerprint density at radius 2 is 1.85 bits per heavy atom. The van der Waals surface area contributed by atoms with Crippen LogP contribution in [0.3, 0.4) is 0 Å². The van der Waals surface area contributed by atoms with E-state index in [1.807, 2.05) is 6.07 Å². The number of ketones is 1. The zero-order valence-electron chi connectivity index (χ0n) is 15.7. The zero-order valence-corrected chi connectivity index (χ0v) is 16.5. The van der Waals surface area contributed by atoms with Gasteiger partial charge in [-0.25, -0.2) is 4.79 Å². The van der Waals surface area contributed by atoms with Crippen molar-refractivity contribution in [2.45, 2.75) is 52.0 Å². The second kappa shape index (κ2) is 10.2. The number of hydrogen-bond donors (Lipinski definition) is 2. The molecule has 2 N–H and O–H groups in total. The maximum absolute atomic E-state index is 12.4. The van der Waals surface area contributed by atoms with Crippen molar-refractivity contribution in [1.82, 2.24) is 10.6 Å². The third kappa shape index (κ3) is 6.78. The lowest BCUT2D eigenvalue weighted by molar-refractivity contribution is -0.148. The number of nitrogens with one attached hydrogen (secondary N) is 2. The smallest absolute Gasteiger partial charge is 0.329 e. The van der Waals surface area contributed by atoms with Gasteiger partial charge in [0.2, 0.25) is 17.6 Å². The van der Waals surface area contributed by atoms with Crippen molar-refractivity contribution in [2.75, 3.05) is 13.2 Å². The van der Waals surface area contributed by atoms with Crippen LogP contribution in [0.5, 0.6) is 0 Å². The van der Waals surface area contributed by atoms with E-state index in [4.69, 9.17) is 4.74 Å². The van der Waals surface area contributed by atoms with Crippen LogP contribution in [0, 0.1) is 5.92 Å². The summed E-state index contributed by atoms with van der Waals surface area (Å²) in [5, 5.41) is 5.37. The molecule has 1 saturated carbocycles. The number of thiophene rings is 1. The molecule has 0 saturated heterocycles. The van der Waals surface area contributed by atoms with E-state index in [2.05, 4.69) is 10.6 Å². The molecule has 0 aliphatic heterocycles. The number of amides is 2. The van der Waals surface area contributed by atoms with Gasteiger partial charge in [0, 0.05) is 25.3 Å². The molecule has 1 aromatic heterocycles. The Kier molecular flexibility index (Phi) is 7.97. The van der Waals surface area contributed by atoms with E-state index in [1.54, 1.807) is 6.07 Å². The Labute approximate surface area is 162 Å². The second-order valence-corrected chi connectivity index (χ2v) is 7.92. The first-order valence-corrected chi connectivity index (χ1v) is 9.98. The molecule has 1 atom stereocenters. The fraction of sp³-hybridized carbons (Fsp3) is 0.579. The van der Waals surface area contributed by atoms with Crippen molar-refractivity contribution >= 4 is 34.9 Å². The molecular formula is C19H26N2O5S. The van der Waals surface area contributed by atoms with Gasteiger partial charge < -0.3 is 15.4 Å². The Bertz CT molecular complexity index is 694. The van der Waals surface area contributed by atoms with Crippen LogP contribution in [0.4, 0.5) is 0 Å². The molecule has 1 aromatic rings. The Morgan fingerprint density at radius 3 is 2.48 bits per heavy atom. The van der Waals surface area contributed by atoms with Crippen LogP contribution in [-0.4, -0.2) is 42.8 Å². The van der Waals surface area contributed by atoms with Gasteiger partial charge in [-0.15, -0.1) is 11.3 Å². The van der Waals surface area contributed by atoms with E-state index >= 15 is 0 Å². The summed E-state index contributed by atoms with van der Waals surface area (Å²) >= 11 is 1.33. The lowest BCUT2D eigenvalue weighted by Crippen LogP contribution is -2.45. The van der Waals surface area contributed by atoms with Gasteiger partial charge in [0.25, 0.3) is 0 Å². The molecule has 1 aliphatic carbocycles. The predicted octanol–water partition coefficient (Wildman–Crippen LogP) is 1.85. The van der Waals surface area contributed by atoms with Crippen molar-refractivity contribution in [2.24, 2.45) is 5.92 Å². The number of esters is 1. The number of carbonyl (C=O) groups excluding carboxylic acids is 4. The van der Waals surface area contributed by atoms with Crippen LogP contribution in [0.15, 0.2) is 12.1 Å². The molecule has 1 aliphatic rings. The highest BCUT2D eigenvalue weighted by Crippen LogP contribution is 2.28. The molecule has 27 heavy (non-hydrogen) atoms. The summed E-state index contributed by atoms with van der Waals surface area (Å²) in [6, 6.07) is 2.85. The average molecular weight is 394 g/mol. The summed E-state index contributed by atoms with van der Waals surface area (Å²) in [5.74, 6) is -1.12. The van der Waals surface area contributed by atoms with E-state index in [0.717, 1.165) is 30.6 Å².